The summed E-state index contributed by atoms with van der Waals surface area (Å²) in [6, 6.07) is 17.0. The highest BCUT2D eigenvalue weighted by atomic mass is 16.6. The van der Waals surface area contributed by atoms with Crippen LogP contribution < -0.4 is 10.2 Å². The predicted molar refractivity (Wildman–Crippen MR) is 102 cm³/mol. The van der Waals surface area contributed by atoms with Crippen LogP contribution in [0.25, 0.3) is 0 Å². The third-order valence-electron chi connectivity index (χ3n) is 3.91. The fraction of sp³-hybridized carbons (Fsp3) is 0.158. The summed E-state index contributed by atoms with van der Waals surface area (Å²) in [5.41, 5.74) is 2.49. The van der Waals surface area contributed by atoms with E-state index in [1.165, 1.54) is 6.33 Å². The largest absolute Gasteiger partial charge is 0.354 e. The number of hydrogen-bond donors (Lipinski definition) is 1. The third-order valence-corrected chi connectivity index (χ3v) is 3.91. The lowest BCUT2D eigenvalue weighted by molar-refractivity contribution is -0.383. The average molecular weight is 349 g/mol. The van der Waals surface area contributed by atoms with Gasteiger partial charge in [-0.25, -0.2) is 9.97 Å². The highest BCUT2D eigenvalue weighted by molar-refractivity contribution is 5.78. The average Bonchev–Trinajstić information content (AvgIpc) is 2.63. The number of anilines is 4. The minimum atomic E-state index is -0.445. The maximum atomic E-state index is 11.8. The Bertz CT molecular complexity index is 915. The summed E-state index contributed by atoms with van der Waals surface area (Å²) in [5, 5.41) is 14.8. The van der Waals surface area contributed by atoms with Crippen LogP contribution in [0, 0.1) is 17.0 Å². The number of aryl methyl sites for hydroxylation is 1. The van der Waals surface area contributed by atoms with E-state index in [2.05, 4.69) is 15.3 Å². The predicted octanol–water partition coefficient (Wildman–Crippen LogP) is 4.59. The van der Waals surface area contributed by atoms with Gasteiger partial charge >= 0.3 is 5.69 Å². The van der Waals surface area contributed by atoms with E-state index < -0.39 is 4.92 Å². The lowest BCUT2D eigenvalue weighted by atomic mass is 10.2. The molecule has 1 aromatic heterocycles. The molecular formula is C19H19N5O2. The molecular weight excluding hydrogens is 330 g/mol. The van der Waals surface area contributed by atoms with Gasteiger partial charge in [-0.15, -0.1) is 0 Å². The Morgan fingerprint density at radius 3 is 2.54 bits per heavy atom. The zero-order chi connectivity index (χ0) is 18.5. The Labute approximate surface area is 151 Å². The molecule has 0 saturated carbocycles. The van der Waals surface area contributed by atoms with Gasteiger partial charge in [0.2, 0.25) is 11.6 Å². The van der Waals surface area contributed by atoms with Crippen LogP contribution in [0.3, 0.4) is 0 Å². The van der Waals surface area contributed by atoms with Gasteiger partial charge in [0.1, 0.15) is 6.33 Å². The highest BCUT2D eigenvalue weighted by Crippen LogP contribution is 2.36. The second-order valence-corrected chi connectivity index (χ2v) is 5.73. The molecule has 0 unspecified atom stereocenters. The van der Waals surface area contributed by atoms with Gasteiger partial charge in [-0.2, -0.15) is 0 Å². The van der Waals surface area contributed by atoms with E-state index in [4.69, 9.17) is 0 Å². The summed E-state index contributed by atoms with van der Waals surface area (Å²) in [7, 11) is 0. The van der Waals surface area contributed by atoms with Crippen molar-refractivity contribution in [3.63, 3.8) is 0 Å². The molecule has 0 bridgehead atoms. The summed E-state index contributed by atoms with van der Waals surface area (Å²) in [5.74, 6) is 0.425. The molecule has 0 amide bonds. The topological polar surface area (TPSA) is 84.2 Å². The standard InChI is InChI=1S/C19H19N5O2/c1-3-23(16-11-7-8-14(2)12-16)19-17(24(25)26)18(20-13-21-19)22-15-9-5-4-6-10-15/h4-13H,3H2,1-2H3,(H,20,21,22). The van der Waals surface area contributed by atoms with Crippen molar-refractivity contribution in [3.05, 3.63) is 76.6 Å². The molecule has 3 rings (SSSR count). The van der Waals surface area contributed by atoms with Crippen LogP contribution in [0.15, 0.2) is 60.9 Å². The fourth-order valence-corrected chi connectivity index (χ4v) is 2.74. The highest BCUT2D eigenvalue weighted by Gasteiger charge is 2.27. The first-order chi connectivity index (χ1) is 12.6. The number of hydrogen-bond acceptors (Lipinski definition) is 6. The van der Waals surface area contributed by atoms with E-state index in [0.29, 0.717) is 6.54 Å². The van der Waals surface area contributed by atoms with Crippen LogP contribution in [-0.4, -0.2) is 21.4 Å². The summed E-state index contributed by atoms with van der Waals surface area (Å²) in [6.07, 6.45) is 1.34. The molecule has 0 spiro atoms. The van der Waals surface area contributed by atoms with Gasteiger partial charge in [0.25, 0.3) is 0 Å². The summed E-state index contributed by atoms with van der Waals surface area (Å²) in [6.45, 7) is 4.44. The van der Waals surface area contributed by atoms with Crippen LogP contribution in [0.5, 0.6) is 0 Å². The van der Waals surface area contributed by atoms with E-state index in [0.717, 1.165) is 16.9 Å². The minimum absolute atomic E-state index is 0.153. The SMILES string of the molecule is CCN(c1cccc(C)c1)c1ncnc(Nc2ccccc2)c1[N+](=O)[O-]. The summed E-state index contributed by atoms with van der Waals surface area (Å²) < 4.78 is 0. The normalized spacial score (nSPS) is 10.4. The van der Waals surface area contributed by atoms with Crippen LogP contribution in [0.4, 0.5) is 28.7 Å². The van der Waals surface area contributed by atoms with Gasteiger partial charge in [0, 0.05) is 17.9 Å². The van der Waals surface area contributed by atoms with Crippen molar-refractivity contribution < 1.29 is 4.92 Å². The molecule has 26 heavy (non-hydrogen) atoms. The van der Waals surface area contributed by atoms with E-state index in [9.17, 15) is 10.1 Å². The second kappa shape index (κ2) is 7.60. The molecule has 0 saturated heterocycles. The molecule has 7 nitrogen and oxygen atoms in total. The molecule has 3 aromatic rings. The molecule has 0 aliphatic carbocycles. The number of para-hydroxylation sites is 1. The quantitative estimate of drug-likeness (QED) is 0.517. The Morgan fingerprint density at radius 2 is 1.88 bits per heavy atom. The lowest BCUT2D eigenvalue weighted by Crippen LogP contribution is -2.19. The van der Waals surface area contributed by atoms with Crippen LogP contribution >= 0.6 is 0 Å². The van der Waals surface area contributed by atoms with E-state index in [1.54, 1.807) is 0 Å². The Kier molecular flexibility index (Phi) is 5.07. The van der Waals surface area contributed by atoms with E-state index in [-0.39, 0.29) is 17.3 Å². The van der Waals surface area contributed by atoms with Gasteiger partial charge in [-0.05, 0) is 43.7 Å². The number of nitrogens with zero attached hydrogens (tertiary/aromatic N) is 4. The van der Waals surface area contributed by atoms with E-state index >= 15 is 0 Å². The molecule has 0 aliphatic heterocycles. The summed E-state index contributed by atoms with van der Waals surface area (Å²) >= 11 is 0. The maximum Gasteiger partial charge on any atom is 0.354 e. The molecule has 0 fully saturated rings. The van der Waals surface area contributed by atoms with Crippen LogP contribution in [-0.2, 0) is 0 Å². The Balaban J connectivity index is 2.09. The molecule has 0 radical (unpaired) electrons. The molecule has 7 heteroatoms. The fourth-order valence-electron chi connectivity index (χ4n) is 2.74. The van der Waals surface area contributed by atoms with Crippen molar-refractivity contribution in [2.75, 3.05) is 16.8 Å². The molecule has 1 N–H and O–H groups in total. The smallest absolute Gasteiger partial charge is 0.334 e. The molecule has 0 atom stereocenters. The first-order valence-electron chi connectivity index (χ1n) is 8.25. The monoisotopic (exact) mass is 349 g/mol. The molecule has 0 aliphatic rings. The second-order valence-electron chi connectivity index (χ2n) is 5.73. The zero-order valence-electron chi connectivity index (χ0n) is 14.6. The van der Waals surface area contributed by atoms with Crippen molar-refractivity contribution in [3.8, 4) is 0 Å². The van der Waals surface area contributed by atoms with Gasteiger partial charge in [0.15, 0.2) is 0 Å². The van der Waals surface area contributed by atoms with Crippen LogP contribution in [0.1, 0.15) is 12.5 Å². The zero-order valence-corrected chi connectivity index (χ0v) is 14.6. The van der Waals surface area contributed by atoms with E-state index in [1.807, 2.05) is 73.3 Å². The molecule has 132 valence electrons. The Hall–Kier alpha value is -3.48. The minimum Gasteiger partial charge on any atom is -0.334 e. The van der Waals surface area contributed by atoms with Gasteiger partial charge < -0.3 is 10.2 Å². The first kappa shape index (κ1) is 17.3. The van der Waals surface area contributed by atoms with Crippen molar-refractivity contribution in [2.45, 2.75) is 13.8 Å². The maximum absolute atomic E-state index is 11.8. The Morgan fingerprint density at radius 1 is 1.12 bits per heavy atom. The molecule has 1 heterocycles. The van der Waals surface area contributed by atoms with Crippen LogP contribution in [0.2, 0.25) is 0 Å². The number of rotatable bonds is 6. The third kappa shape index (κ3) is 3.61. The number of benzene rings is 2. The molecule has 2 aromatic carbocycles. The summed E-state index contributed by atoms with van der Waals surface area (Å²) in [4.78, 5) is 21.5. The lowest BCUT2D eigenvalue weighted by Gasteiger charge is -2.22. The van der Waals surface area contributed by atoms with Crippen molar-refractivity contribution in [2.24, 2.45) is 0 Å². The number of nitrogens with one attached hydrogen (secondary N) is 1. The number of aromatic nitrogens is 2. The van der Waals surface area contributed by atoms with Crippen molar-refractivity contribution in [1.82, 2.24) is 9.97 Å². The van der Waals surface area contributed by atoms with Crippen molar-refractivity contribution in [1.29, 1.82) is 0 Å². The van der Waals surface area contributed by atoms with Crippen molar-refractivity contribution >= 4 is 28.7 Å². The number of nitro groups is 1. The van der Waals surface area contributed by atoms with Gasteiger partial charge in [0.05, 0.1) is 4.92 Å². The van der Waals surface area contributed by atoms with Gasteiger partial charge in [-0.3, -0.25) is 10.1 Å². The van der Waals surface area contributed by atoms with Gasteiger partial charge in [-0.1, -0.05) is 30.3 Å². The first-order valence-corrected chi connectivity index (χ1v) is 8.25.